The highest BCUT2D eigenvalue weighted by Crippen LogP contribution is 2.37. The number of hydroxylamine groups is 2. The number of nitrogens with two attached hydrogens (primary N) is 1. The van der Waals surface area contributed by atoms with E-state index >= 15 is 0 Å². The molecule has 151 valence electrons. The number of hydrogen-bond acceptors (Lipinski definition) is 5. The number of carbonyl (C=O) groups is 1. The maximum absolute atomic E-state index is 13.2. The highest BCUT2D eigenvalue weighted by atomic mass is 16.5. The zero-order chi connectivity index (χ0) is 20.5. The summed E-state index contributed by atoms with van der Waals surface area (Å²) in [4.78, 5) is 13.2. The van der Waals surface area contributed by atoms with E-state index in [0.717, 1.165) is 10.6 Å². The second kappa shape index (κ2) is 7.52. The van der Waals surface area contributed by atoms with Gasteiger partial charge in [0, 0.05) is 23.5 Å². The van der Waals surface area contributed by atoms with Crippen molar-refractivity contribution in [2.75, 3.05) is 5.73 Å². The van der Waals surface area contributed by atoms with Crippen LogP contribution in [-0.2, 0) is 16.4 Å². The van der Waals surface area contributed by atoms with E-state index in [1.54, 1.807) is 0 Å². The van der Waals surface area contributed by atoms with Gasteiger partial charge in [-0.3, -0.25) is 9.32 Å². The van der Waals surface area contributed by atoms with E-state index in [-0.39, 0.29) is 17.8 Å². The molecule has 1 aliphatic rings. The van der Waals surface area contributed by atoms with Gasteiger partial charge in [-0.1, -0.05) is 30.3 Å². The quantitative estimate of drug-likeness (QED) is 0.761. The Morgan fingerprint density at radius 1 is 1.29 bits per heavy atom. The molecular weight excluding hydrogens is 358 g/mol. The van der Waals surface area contributed by atoms with E-state index in [1.165, 1.54) is 10.9 Å². The Morgan fingerprint density at radius 2 is 1.89 bits per heavy atom. The molecule has 1 atom stereocenters. The lowest BCUT2D eigenvalue weighted by Crippen LogP contribution is -2.63. The molecule has 1 amide bonds. The third-order valence-electron chi connectivity index (χ3n) is 5.33. The standard InChI is InChI=1S/C20H28N5O3/c1-19(2)11-15(12-20(3,4)25(19)27)22-18(26)16(24-13-17(21)28-23-24)10-14-8-6-5-7-9-14/h5-9,13,15-16H,10-12H2,1-4H3,(H2-,21,22,23,26)/p+1. The molecule has 0 aliphatic carbocycles. The topological polar surface area (TPSA) is 108 Å². The SMILES string of the molecule is CC1(C)CC(NC(=O)C(Cc2ccccc2)[n+]2cc(N)on2)CC(C)(C)N1[O]. The lowest BCUT2D eigenvalue weighted by atomic mass is 9.79. The van der Waals surface area contributed by atoms with Crippen LogP contribution in [0.2, 0.25) is 0 Å². The Kier molecular flexibility index (Phi) is 5.45. The molecule has 3 rings (SSSR count). The van der Waals surface area contributed by atoms with Gasteiger partial charge >= 0.3 is 0 Å². The first kappa shape index (κ1) is 20.3. The second-order valence-electron chi connectivity index (χ2n) is 8.82. The van der Waals surface area contributed by atoms with E-state index < -0.39 is 17.1 Å². The molecule has 1 aliphatic heterocycles. The van der Waals surface area contributed by atoms with Crippen LogP contribution < -0.4 is 15.7 Å². The van der Waals surface area contributed by atoms with Gasteiger partial charge in [-0.05, 0) is 50.8 Å². The fourth-order valence-corrected chi connectivity index (χ4v) is 4.23. The Bertz CT molecular complexity index is 800. The van der Waals surface area contributed by atoms with Crippen molar-refractivity contribution in [3.63, 3.8) is 0 Å². The van der Waals surface area contributed by atoms with Gasteiger partial charge in [-0.2, -0.15) is 0 Å². The van der Waals surface area contributed by atoms with Gasteiger partial charge < -0.3 is 11.1 Å². The van der Waals surface area contributed by atoms with E-state index in [1.807, 2.05) is 58.0 Å². The first-order valence-electron chi connectivity index (χ1n) is 9.54. The number of piperidine rings is 1. The monoisotopic (exact) mass is 387 g/mol. The molecule has 0 spiro atoms. The van der Waals surface area contributed by atoms with Crippen LogP contribution in [0.25, 0.3) is 0 Å². The summed E-state index contributed by atoms with van der Waals surface area (Å²) in [7, 11) is 0. The van der Waals surface area contributed by atoms with Crippen molar-refractivity contribution in [1.29, 1.82) is 0 Å². The van der Waals surface area contributed by atoms with Crippen LogP contribution in [0.5, 0.6) is 0 Å². The third-order valence-corrected chi connectivity index (χ3v) is 5.33. The average Bonchev–Trinajstić information content (AvgIpc) is 3.04. The summed E-state index contributed by atoms with van der Waals surface area (Å²) in [6, 6.07) is 9.02. The van der Waals surface area contributed by atoms with Gasteiger partial charge in [0.25, 0.3) is 24.0 Å². The zero-order valence-electron chi connectivity index (χ0n) is 16.9. The minimum atomic E-state index is -0.597. The minimum absolute atomic E-state index is 0.106. The number of carbonyl (C=O) groups excluding carboxylic acids is 1. The van der Waals surface area contributed by atoms with Gasteiger partial charge in [0.1, 0.15) is 0 Å². The van der Waals surface area contributed by atoms with Gasteiger partial charge in [0.2, 0.25) is 5.27 Å². The number of nitrogen functional groups attached to an aromatic ring is 1. The summed E-state index contributed by atoms with van der Waals surface area (Å²) in [6.07, 6.45) is 3.13. The Labute approximate surface area is 165 Å². The number of anilines is 1. The molecule has 8 nitrogen and oxygen atoms in total. The van der Waals surface area contributed by atoms with Crippen molar-refractivity contribution in [2.24, 2.45) is 0 Å². The number of nitrogens with zero attached hydrogens (tertiary/aromatic N) is 3. The average molecular weight is 387 g/mol. The third kappa shape index (κ3) is 4.34. The lowest BCUT2D eigenvalue weighted by Gasteiger charge is -2.50. The number of benzene rings is 1. The predicted octanol–water partition coefficient (Wildman–Crippen LogP) is 1.81. The molecule has 2 aromatic rings. The van der Waals surface area contributed by atoms with E-state index in [9.17, 15) is 10.0 Å². The molecule has 3 N–H and O–H groups in total. The second-order valence-corrected chi connectivity index (χ2v) is 8.82. The van der Waals surface area contributed by atoms with Crippen LogP contribution in [0.15, 0.2) is 41.1 Å². The predicted molar refractivity (Wildman–Crippen MR) is 102 cm³/mol. The summed E-state index contributed by atoms with van der Waals surface area (Å²) in [5.41, 5.74) is 5.55. The molecule has 1 radical (unpaired) electrons. The summed E-state index contributed by atoms with van der Waals surface area (Å²) in [5, 5.41) is 20.7. The maximum atomic E-state index is 13.2. The van der Waals surface area contributed by atoms with Gasteiger partial charge in [-0.15, -0.1) is 10.3 Å². The largest absolute Gasteiger partial charge is 0.362 e. The van der Waals surface area contributed by atoms with Crippen LogP contribution >= 0.6 is 0 Å². The van der Waals surface area contributed by atoms with Gasteiger partial charge in [-0.25, -0.2) is 0 Å². The van der Waals surface area contributed by atoms with Gasteiger partial charge in [0.15, 0.2) is 0 Å². The highest BCUT2D eigenvalue weighted by molar-refractivity contribution is 5.79. The molecule has 1 saturated heterocycles. The Morgan fingerprint density at radius 3 is 2.43 bits per heavy atom. The van der Waals surface area contributed by atoms with Crippen molar-refractivity contribution in [2.45, 2.75) is 70.1 Å². The van der Waals surface area contributed by atoms with Crippen molar-refractivity contribution < 1.29 is 19.2 Å². The molecule has 2 heterocycles. The molecule has 1 aromatic carbocycles. The molecule has 1 aromatic heterocycles. The Hall–Kier alpha value is -2.45. The normalized spacial score (nSPS) is 20.6. The minimum Gasteiger partial charge on any atom is -0.362 e. The van der Waals surface area contributed by atoms with Crippen molar-refractivity contribution in [3.05, 3.63) is 42.1 Å². The molecule has 8 heteroatoms. The molecule has 28 heavy (non-hydrogen) atoms. The molecule has 0 saturated carbocycles. The van der Waals surface area contributed by atoms with Crippen molar-refractivity contribution in [3.8, 4) is 0 Å². The molecule has 1 fully saturated rings. The summed E-state index contributed by atoms with van der Waals surface area (Å²) >= 11 is 0. The summed E-state index contributed by atoms with van der Waals surface area (Å²) < 4.78 is 6.42. The molecule has 0 bridgehead atoms. The van der Waals surface area contributed by atoms with E-state index in [0.29, 0.717) is 19.3 Å². The number of amides is 1. The smallest absolute Gasteiger partial charge is 0.293 e. The lowest BCUT2D eigenvalue weighted by molar-refractivity contribution is -0.772. The van der Waals surface area contributed by atoms with Crippen LogP contribution in [0.4, 0.5) is 5.88 Å². The zero-order valence-corrected chi connectivity index (χ0v) is 16.9. The van der Waals surface area contributed by atoms with Crippen LogP contribution in [-0.4, -0.2) is 33.4 Å². The van der Waals surface area contributed by atoms with Gasteiger partial charge in [0.05, 0.1) is 0 Å². The fraction of sp³-hybridized carbons (Fsp3) is 0.550. The number of hydrogen-bond donors (Lipinski definition) is 2. The first-order chi connectivity index (χ1) is 13.1. The number of aromatic nitrogens is 2. The van der Waals surface area contributed by atoms with E-state index in [4.69, 9.17) is 10.3 Å². The molecular formula is C20H29N5O3+. The fourth-order valence-electron chi connectivity index (χ4n) is 4.23. The summed E-state index contributed by atoms with van der Waals surface area (Å²) in [6.45, 7) is 7.65. The first-order valence-corrected chi connectivity index (χ1v) is 9.54. The van der Waals surface area contributed by atoms with Crippen LogP contribution in [0.3, 0.4) is 0 Å². The Balaban J connectivity index is 1.80. The maximum Gasteiger partial charge on any atom is 0.293 e. The van der Waals surface area contributed by atoms with Crippen molar-refractivity contribution >= 4 is 11.8 Å². The van der Waals surface area contributed by atoms with Crippen molar-refractivity contribution in [1.82, 2.24) is 15.7 Å². The molecule has 1 unspecified atom stereocenters. The number of rotatable bonds is 5. The highest BCUT2D eigenvalue weighted by Gasteiger charge is 2.47. The van der Waals surface area contributed by atoms with Crippen LogP contribution in [0.1, 0.15) is 52.1 Å². The van der Waals surface area contributed by atoms with Crippen LogP contribution in [0, 0.1) is 0 Å². The summed E-state index contributed by atoms with van der Waals surface area (Å²) in [5.74, 6) is -0.0223. The van der Waals surface area contributed by atoms with E-state index in [2.05, 4.69) is 10.6 Å². The number of nitrogens with one attached hydrogen (secondary N) is 1.